The van der Waals surface area contributed by atoms with Crippen molar-refractivity contribution in [3.05, 3.63) is 64.8 Å². The highest BCUT2D eigenvalue weighted by molar-refractivity contribution is 6.06. The topological polar surface area (TPSA) is 95.9 Å². The Morgan fingerprint density at radius 1 is 1.26 bits per heavy atom. The number of amides is 1. The first kappa shape index (κ1) is 25.2. The van der Waals surface area contributed by atoms with Crippen LogP contribution in [0.3, 0.4) is 0 Å². The minimum Gasteiger partial charge on any atom is -0.480 e. The minimum absolute atomic E-state index is 0.0259. The number of hydrogen-bond acceptors (Lipinski definition) is 5. The Bertz CT molecular complexity index is 1090. The van der Waals surface area contributed by atoms with Crippen LogP contribution in [-0.4, -0.2) is 46.5 Å². The molecule has 3 rings (SSSR count). The second-order valence-corrected chi connectivity index (χ2v) is 9.90. The molecule has 1 amide bonds. The molecule has 0 radical (unpaired) electrons. The number of carbonyl (C=O) groups excluding carboxylic acids is 2. The van der Waals surface area contributed by atoms with Gasteiger partial charge in [-0.15, -0.1) is 0 Å². The predicted molar refractivity (Wildman–Crippen MR) is 126 cm³/mol. The first-order chi connectivity index (χ1) is 15.9. The number of benzene rings is 1. The van der Waals surface area contributed by atoms with Gasteiger partial charge < -0.3 is 20.1 Å². The zero-order valence-corrected chi connectivity index (χ0v) is 20.1. The van der Waals surface area contributed by atoms with E-state index in [0.29, 0.717) is 29.0 Å². The summed E-state index contributed by atoms with van der Waals surface area (Å²) in [5.74, 6) is -3.25. The Morgan fingerprint density at radius 3 is 2.53 bits per heavy atom. The number of rotatable bonds is 6. The van der Waals surface area contributed by atoms with Gasteiger partial charge in [0.05, 0.1) is 6.54 Å². The number of nitrogens with one attached hydrogen (secondary N) is 1. The van der Waals surface area contributed by atoms with Gasteiger partial charge in [-0.1, -0.05) is 38.1 Å². The Hall–Kier alpha value is -3.42. The van der Waals surface area contributed by atoms with Crippen LogP contribution in [0.25, 0.3) is 5.57 Å². The van der Waals surface area contributed by atoms with Crippen molar-refractivity contribution < 1.29 is 28.6 Å². The van der Waals surface area contributed by atoms with E-state index < -0.39 is 35.2 Å². The molecule has 0 aromatic heterocycles. The van der Waals surface area contributed by atoms with Crippen LogP contribution in [0.2, 0.25) is 0 Å². The number of alkyl carbamates (subject to hydrolysis) is 1. The first-order valence-electron chi connectivity index (χ1n) is 11.3. The van der Waals surface area contributed by atoms with Gasteiger partial charge in [-0.25, -0.2) is 9.18 Å². The number of fused-ring (bicyclic) bond motifs is 1. The number of nitrogens with zero attached hydrogens (tertiary/aromatic N) is 1. The zero-order chi connectivity index (χ0) is 25.2. The summed E-state index contributed by atoms with van der Waals surface area (Å²) >= 11 is 0. The second kappa shape index (κ2) is 9.83. The molecule has 1 atom stereocenters. The summed E-state index contributed by atoms with van der Waals surface area (Å²) in [6.07, 6.45) is 2.51. The maximum absolute atomic E-state index is 15.1. The van der Waals surface area contributed by atoms with Gasteiger partial charge >= 0.3 is 12.1 Å². The fourth-order valence-corrected chi connectivity index (χ4v) is 4.07. The van der Waals surface area contributed by atoms with Crippen LogP contribution in [0.1, 0.15) is 46.6 Å². The molecule has 34 heavy (non-hydrogen) atoms. The molecular formula is C26H31FN2O5. The molecule has 1 aromatic carbocycles. The molecule has 1 aromatic rings. The number of ether oxygens (including phenoxy) is 1. The summed E-state index contributed by atoms with van der Waals surface area (Å²) in [7, 11) is 0. The highest BCUT2D eigenvalue weighted by atomic mass is 19.1. The highest BCUT2D eigenvalue weighted by Gasteiger charge is 2.36. The van der Waals surface area contributed by atoms with E-state index in [0.717, 1.165) is 0 Å². The quantitative estimate of drug-likeness (QED) is 0.594. The van der Waals surface area contributed by atoms with Crippen molar-refractivity contribution in [3.63, 3.8) is 0 Å². The lowest BCUT2D eigenvalue weighted by atomic mass is 9.78. The molecule has 0 bridgehead atoms. The molecule has 0 saturated heterocycles. The number of ketones is 1. The van der Waals surface area contributed by atoms with Gasteiger partial charge in [-0.3, -0.25) is 9.59 Å². The van der Waals surface area contributed by atoms with Crippen molar-refractivity contribution in [2.75, 3.05) is 13.1 Å². The van der Waals surface area contributed by atoms with Crippen molar-refractivity contribution in [2.24, 2.45) is 11.8 Å². The molecule has 1 unspecified atom stereocenters. The van der Waals surface area contributed by atoms with Gasteiger partial charge in [0.25, 0.3) is 0 Å². The smallest absolute Gasteiger partial charge is 0.407 e. The van der Waals surface area contributed by atoms with E-state index in [1.807, 2.05) is 18.7 Å². The van der Waals surface area contributed by atoms with Crippen LogP contribution < -0.4 is 5.32 Å². The van der Waals surface area contributed by atoms with E-state index in [4.69, 9.17) is 4.74 Å². The zero-order valence-electron chi connectivity index (χ0n) is 20.1. The Morgan fingerprint density at radius 2 is 1.94 bits per heavy atom. The van der Waals surface area contributed by atoms with Crippen LogP contribution in [-0.2, 0) is 14.3 Å². The third kappa shape index (κ3) is 5.73. The Kier molecular flexibility index (Phi) is 7.29. The average Bonchev–Trinajstić information content (AvgIpc) is 2.70. The molecule has 2 N–H and O–H groups in total. The second-order valence-electron chi connectivity index (χ2n) is 9.90. The average molecular weight is 471 g/mol. The summed E-state index contributed by atoms with van der Waals surface area (Å²) in [5, 5.41) is 12.3. The van der Waals surface area contributed by atoms with Gasteiger partial charge in [-0.2, -0.15) is 0 Å². The van der Waals surface area contributed by atoms with E-state index in [-0.39, 0.29) is 24.4 Å². The van der Waals surface area contributed by atoms with Crippen LogP contribution in [0.4, 0.5) is 9.18 Å². The maximum Gasteiger partial charge on any atom is 0.407 e. The summed E-state index contributed by atoms with van der Waals surface area (Å²) in [4.78, 5) is 38.6. The largest absolute Gasteiger partial charge is 0.480 e. The number of Topliss-reactive ketones (excluding diaryl/α,β-unsaturated/α-hetero) is 1. The molecule has 8 heteroatoms. The van der Waals surface area contributed by atoms with Crippen LogP contribution in [0.5, 0.6) is 0 Å². The van der Waals surface area contributed by atoms with E-state index in [9.17, 15) is 19.5 Å². The van der Waals surface area contributed by atoms with Gasteiger partial charge in [0.1, 0.15) is 17.3 Å². The monoisotopic (exact) mass is 470 g/mol. The predicted octanol–water partition coefficient (Wildman–Crippen LogP) is 4.52. The highest BCUT2D eigenvalue weighted by Crippen LogP contribution is 2.42. The molecule has 0 fully saturated rings. The van der Waals surface area contributed by atoms with E-state index in [1.54, 1.807) is 45.2 Å². The summed E-state index contributed by atoms with van der Waals surface area (Å²) < 4.78 is 20.4. The van der Waals surface area contributed by atoms with Gasteiger partial charge in [0.2, 0.25) is 0 Å². The molecule has 2 aliphatic rings. The van der Waals surface area contributed by atoms with Gasteiger partial charge in [0.15, 0.2) is 5.78 Å². The Balaban J connectivity index is 2.18. The van der Waals surface area contributed by atoms with E-state index in [1.165, 1.54) is 12.1 Å². The number of carboxylic acids is 1. The van der Waals surface area contributed by atoms with Crippen molar-refractivity contribution in [1.82, 2.24) is 10.2 Å². The molecule has 182 valence electrons. The number of aliphatic carboxylic acids is 1. The molecule has 1 aliphatic heterocycles. The number of carboxylic acid groups (broad SMARTS) is 1. The summed E-state index contributed by atoms with van der Waals surface area (Å²) in [5.41, 5.74) is 1.77. The molecule has 0 spiro atoms. The number of carbonyl (C=O) groups is 3. The van der Waals surface area contributed by atoms with Gasteiger partial charge in [-0.05, 0) is 43.9 Å². The lowest BCUT2D eigenvalue weighted by Gasteiger charge is -2.37. The van der Waals surface area contributed by atoms with Gasteiger partial charge in [0, 0.05) is 36.0 Å². The first-order valence-corrected chi connectivity index (χ1v) is 11.3. The van der Waals surface area contributed by atoms with Crippen molar-refractivity contribution in [3.8, 4) is 0 Å². The molecule has 7 nitrogen and oxygen atoms in total. The molecule has 1 heterocycles. The van der Waals surface area contributed by atoms with E-state index >= 15 is 4.39 Å². The summed E-state index contributed by atoms with van der Waals surface area (Å²) in [6.45, 7) is 9.90. The maximum atomic E-state index is 15.1. The van der Waals surface area contributed by atoms with Crippen molar-refractivity contribution >= 4 is 23.4 Å². The number of halogens is 1. The number of allylic oxidation sites excluding steroid dienone is 3. The Labute approximate surface area is 199 Å². The lowest BCUT2D eigenvalue weighted by Crippen LogP contribution is -2.39. The van der Waals surface area contributed by atoms with Crippen molar-refractivity contribution in [1.29, 1.82) is 0 Å². The third-order valence-corrected chi connectivity index (χ3v) is 5.38. The summed E-state index contributed by atoms with van der Waals surface area (Å²) in [6, 6.07) is 6.21. The normalized spacial score (nSPS) is 18.4. The molecule has 1 aliphatic carbocycles. The van der Waals surface area contributed by atoms with E-state index in [2.05, 4.69) is 5.32 Å². The molecular weight excluding hydrogens is 439 g/mol. The standard InChI is InChI=1S/C26H31FN2O5/c1-15(2)13-29-14-16-10-22(30)19(24(31)32)11-18(16)23(17-8-6-7-9-20(17)27)21(29)12-28-25(33)34-26(3,4)5/h6-9,11,14-15,19H,10,12-13H2,1-5H3,(H,28,33)(H,31,32). The van der Waals surface area contributed by atoms with Crippen LogP contribution >= 0.6 is 0 Å². The fourth-order valence-electron chi connectivity index (χ4n) is 4.07. The van der Waals surface area contributed by atoms with Crippen LogP contribution in [0, 0.1) is 17.7 Å². The minimum atomic E-state index is -1.31. The fraction of sp³-hybridized carbons (Fsp3) is 0.423. The third-order valence-electron chi connectivity index (χ3n) is 5.38. The lowest BCUT2D eigenvalue weighted by molar-refractivity contribution is -0.144. The molecule has 0 saturated carbocycles. The van der Waals surface area contributed by atoms with Crippen molar-refractivity contribution in [2.45, 2.75) is 46.6 Å². The number of hydrogen-bond donors (Lipinski definition) is 2. The SMILES string of the molecule is CC(C)CN1C=C2CC(=O)C(C(=O)O)C=C2C(c2ccccc2F)=C1CNC(=O)OC(C)(C)C. The van der Waals surface area contributed by atoms with Crippen LogP contribution in [0.15, 0.2) is 53.4 Å².